The van der Waals surface area contributed by atoms with Gasteiger partial charge in [-0.15, -0.1) is 11.6 Å². The van der Waals surface area contributed by atoms with Gasteiger partial charge in [0.25, 0.3) is 0 Å². The summed E-state index contributed by atoms with van der Waals surface area (Å²) in [5.41, 5.74) is 3.31. The van der Waals surface area contributed by atoms with Gasteiger partial charge in [-0.25, -0.2) is 9.37 Å². The van der Waals surface area contributed by atoms with E-state index in [-0.39, 0.29) is 5.82 Å². The first kappa shape index (κ1) is 13.1. The molecule has 0 fully saturated rings. The Morgan fingerprint density at radius 1 is 1.15 bits per heavy atom. The molecule has 0 bridgehead atoms. The Balaban J connectivity index is 2.33. The van der Waals surface area contributed by atoms with Crippen LogP contribution in [0.4, 0.5) is 4.39 Å². The molecule has 20 heavy (non-hydrogen) atoms. The fourth-order valence-corrected chi connectivity index (χ4v) is 2.60. The lowest BCUT2D eigenvalue weighted by atomic mass is 10.1. The van der Waals surface area contributed by atoms with E-state index in [1.165, 1.54) is 6.07 Å². The van der Waals surface area contributed by atoms with E-state index in [0.29, 0.717) is 17.9 Å². The molecule has 0 amide bonds. The van der Waals surface area contributed by atoms with Crippen molar-refractivity contribution in [2.75, 3.05) is 5.88 Å². The molecule has 0 aliphatic carbocycles. The summed E-state index contributed by atoms with van der Waals surface area (Å²) in [4.78, 5) is 4.61. The molecule has 3 aromatic rings. The number of aromatic nitrogens is 2. The van der Waals surface area contributed by atoms with Gasteiger partial charge in [0.05, 0.1) is 16.7 Å². The maximum atomic E-state index is 13.8. The van der Waals surface area contributed by atoms with Crippen molar-refractivity contribution in [3.63, 3.8) is 0 Å². The largest absolute Gasteiger partial charge is 0.296 e. The zero-order valence-corrected chi connectivity index (χ0v) is 11.9. The Bertz CT molecular complexity index is 764. The van der Waals surface area contributed by atoms with Gasteiger partial charge in [-0.3, -0.25) is 4.57 Å². The minimum Gasteiger partial charge on any atom is -0.296 e. The molecule has 2 nitrogen and oxygen atoms in total. The molecule has 0 aliphatic rings. The molecule has 102 valence electrons. The summed E-state index contributed by atoms with van der Waals surface area (Å²) < 4.78 is 15.8. The summed E-state index contributed by atoms with van der Waals surface area (Å²) in [5.74, 6) is 1.13. The number of fused-ring (bicyclic) bond motifs is 1. The molecule has 0 saturated heterocycles. The molecule has 0 saturated carbocycles. The van der Waals surface area contributed by atoms with Gasteiger partial charge in [-0.1, -0.05) is 18.2 Å². The van der Waals surface area contributed by atoms with Gasteiger partial charge < -0.3 is 0 Å². The van der Waals surface area contributed by atoms with Crippen LogP contribution in [0.5, 0.6) is 0 Å². The number of para-hydroxylation sites is 2. The second-order valence-corrected chi connectivity index (χ2v) is 5.05. The average Bonchev–Trinajstić information content (AvgIpc) is 2.80. The van der Waals surface area contributed by atoms with Gasteiger partial charge in [0.1, 0.15) is 11.6 Å². The second-order valence-electron chi connectivity index (χ2n) is 4.68. The molecule has 0 aliphatic heterocycles. The van der Waals surface area contributed by atoms with Gasteiger partial charge in [0.15, 0.2) is 0 Å². The molecule has 4 heteroatoms. The van der Waals surface area contributed by atoms with Crippen molar-refractivity contribution in [3.05, 3.63) is 59.7 Å². The van der Waals surface area contributed by atoms with Gasteiger partial charge in [0, 0.05) is 17.9 Å². The van der Waals surface area contributed by atoms with Crippen molar-refractivity contribution in [2.24, 2.45) is 0 Å². The highest BCUT2D eigenvalue weighted by Gasteiger charge is 2.14. The fourth-order valence-electron chi connectivity index (χ4n) is 2.44. The number of nitrogens with zero attached hydrogens (tertiary/aromatic N) is 2. The van der Waals surface area contributed by atoms with E-state index in [1.54, 1.807) is 13.0 Å². The molecule has 0 spiro atoms. The van der Waals surface area contributed by atoms with Gasteiger partial charge in [-0.05, 0) is 31.2 Å². The topological polar surface area (TPSA) is 17.8 Å². The summed E-state index contributed by atoms with van der Waals surface area (Å²) in [6.07, 6.45) is 0.645. The summed E-state index contributed by atoms with van der Waals surface area (Å²) in [6, 6.07) is 12.9. The van der Waals surface area contributed by atoms with Crippen LogP contribution in [0, 0.1) is 12.7 Å². The molecule has 0 radical (unpaired) electrons. The van der Waals surface area contributed by atoms with Crippen molar-refractivity contribution in [2.45, 2.75) is 13.3 Å². The van der Waals surface area contributed by atoms with E-state index in [4.69, 9.17) is 11.6 Å². The molecule has 1 aromatic heterocycles. The summed E-state index contributed by atoms with van der Waals surface area (Å²) >= 11 is 5.87. The molecule has 0 N–H and O–H groups in total. The van der Waals surface area contributed by atoms with Crippen molar-refractivity contribution in [1.82, 2.24) is 9.55 Å². The number of hydrogen-bond acceptors (Lipinski definition) is 1. The lowest BCUT2D eigenvalue weighted by molar-refractivity contribution is 0.616. The minimum atomic E-state index is -0.211. The monoisotopic (exact) mass is 288 g/mol. The van der Waals surface area contributed by atoms with Crippen LogP contribution in [-0.4, -0.2) is 15.4 Å². The number of aryl methyl sites for hydroxylation is 1. The first-order valence-corrected chi connectivity index (χ1v) is 7.03. The van der Waals surface area contributed by atoms with Gasteiger partial charge in [0.2, 0.25) is 0 Å². The van der Waals surface area contributed by atoms with Crippen molar-refractivity contribution >= 4 is 22.6 Å². The number of benzene rings is 2. The Morgan fingerprint density at radius 3 is 2.75 bits per heavy atom. The maximum absolute atomic E-state index is 13.8. The molecule has 3 rings (SSSR count). The van der Waals surface area contributed by atoms with Crippen LogP contribution in [-0.2, 0) is 6.42 Å². The van der Waals surface area contributed by atoms with E-state index in [9.17, 15) is 4.39 Å². The summed E-state index contributed by atoms with van der Waals surface area (Å²) in [5, 5.41) is 0. The summed E-state index contributed by atoms with van der Waals surface area (Å²) in [7, 11) is 0. The highest BCUT2D eigenvalue weighted by Crippen LogP contribution is 2.25. The first-order valence-electron chi connectivity index (χ1n) is 6.50. The zero-order chi connectivity index (χ0) is 14.1. The van der Waals surface area contributed by atoms with Crippen LogP contribution >= 0.6 is 11.6 Å². The molecule has 0 atom stereocenters. The van der Waals surface area contributed by atoms with Crippen LogP contribution < -0.4 is 0 Å². The smallest absolute Gasteiger partial charge is 0.128 e. The minimum absolute atomic E-state index is 0.211. The molecule has 0 unspecified atom stereocenters. The standard InChI is InChI=1S/C16H14ClFN2/c1-11-12(18)5-4-8-14(11)20-15-7-3-2-6-13(15)19-16(20)9-10-17/h2-8H,9-10H2,1H3. The van der Waals surface area contributed by atoms with Gasteiger partial charge >= 0.3 is 0 Å². The predicted molar refractivity (Wildman–Crippen MR) is 80.2 cm³/mol. The Kier molecular flexibility index (Phi) is 3.45. The third-order valence-corrected chi connectivity index (χ3v) is 3.62. The van der Waals surface area contributed by atoms with Crippen molar-refractivity contribution < 1.29 is 4.39 Å². The number of hydrogen-bond donors (Lipinski definition) is 0. The Morgan fingerprint density at radius 2 is 1.95 bits per heavy atom. The van der Waals surface area contributed by atoms with E-state index >= 15 is 0 Å². The zero-order valence-electron chi connectivity index (χ0n) is 11.1. The van der Waals surface area contributed by atoms with Crippen molar-refractivity contribution in [1.29, 1.82) is 0 Å². The van der Waals surface area contributed by atoms with Crippen LogP contribution in [0.1, 0.15) is 11.4 Å². The maximum Gasteiger partial charge on any atom is 0.128 e. The van der Waals surface area contributed by atoms with E-state index < -0.39 is 0 Å². The SMILES string of the molecule is Cc1c(F)cccc1-n1c(CCCl)nc2ccccc21. The van der Waals surface area contributed by atoms with Crippen LogP contribution in [0.25, 0.3) is 16.7 Å². The lowest BCUT2D eigenvalue weighted by Crippen LogP contribution is -2.05. The van der Waals surface area contributed by atoms with Crippen LogP contribution in [0.15, 0.2) is 42.5 Å². The molecular weight excluding hydrogens is 275 g/mol. The second kappa shape index (κ2) is 5.25. The fraction of sp³-hybridized carbons (Fsp3) is 0.188. The highest BCUT2D eigenvalue weighted by molar-refractivity contribution is 6.17. The highest BCUT2D eigenvalue weighted by atomic mass is 35.5. The Labute approximate surface area is 121 Å². The number of alkyl halides is 1. The third kappa shape index (κ3) is 2.08. The number of halogens is 2. The molecular formula is C16H14ClFN2. The first-order chi connectivity index (χ1) is 9.72. The van der Waals surface area contributed by atoms with E-state index in [1.807, 2.05) is 34.9 Å². The average molecular weight is 289 g/mol. The van der Waals surface area contributed by atoms with E-state index in [2.05, 4.69) is 4.98 Å². The summed E-state index contributed by atoms with van der Waals surface area (Å²) in [6.45, 7) is 1.78. The number of imidazole rings is 1. The predicted octanol–water partition coefficient (Wildman–Crippen LogP) is 4.25. The Hall–Kier alpha value is -1.87. The van der Waals surface area contributed by atoms with Crippen LogP contribution in [0.3, 0.4) is 0 Å². The van der Waals surface area contributed by atoms with Crippen LogP contribution in [0.2, 0.25) is 0 Å². The van der Waals surface area contributed by atoms with E-state index in [0.717, 1.165) is 22.5 Å². The number of rotatable bonds is 3. The molecule has 2 aromatic carbocycles. The van der Waals surface area contributed by atoms with Crippen molar-refractivity contribution in [3.8, 4) is 5.69 Å². The molecule has 1 heterocycles. The van der Waals surface area contributed by atoms with Gasteiger partial charge in [-0.2, -0.15) is 0 Å². The third-order valence-electron chi connectivity index (χ3n) is 3.43. The normalized spacial score (nSPS) is 11.2. The lowest BCUT2D eigenvalue weighted by Gasteiger charge is -2.12. The quantitative estimate of drug-likeness (QED) is 0.659.